The molecule has 1 aromatic heterocycles. The zero-order valence-electron chi connectivity index (χ0n) is 15.6. The number of aryl methyl sites for hydroxylation is 1. The van der Waals surface area contributed by atoms with E-state index in [1.807, 2.05) is 0 Å². The lowest BCUT2D eigenvalue weighted by Gasteiger charge is -2.30. The number of hydrogen-bond acceptors (Lipinski definition) is 3. The smallest absolute Gasteiger partial charge is 0.254 e. The van der Waals surface area contributed by atoms with Gasteiger partial charge in [-0.25, -0.2) is 0 Å². The summed E-state index contributed by atoms with van der Waals surface area (Å²) in [4.78, 5) is 15.9. The van der Waals surface area contributed by atoms with Gasteiger partial charge >= 0.3 is 0 Å². The van der Waals surface area contributed by atoms with Crippen LogP contribution in [-0.4, -0.2) is 29.9 Å². The van der Waals surface area contributed by atoms with E-state index in [1.54, 1.807) is 11.3 Å². The average molecular weight is 403 g/mol. The highest BCUT2D eigenvalue weighted by Crippen LogP contribution is 2.56. The molecule has 2 fully saturated rings. The van der Waals surface area contributed by atoms with Gasteiger partial charge in [0.1, 0.15) is 0 Å². The summed E-state index contributed by atoms with van der Waals surface area (Å²) in [5.74, 6) is 0.260. The van der Waals surface area contributed by atoms with E-state index in [-0.39, 0.29) is 18.3 Å². The summed E-state index contributed by atoms with van der Waals surface area (Å²) in [6.07, 6.45) is 6.96. The molecule has 1 saturated heterocycles. The van der Waals surface area contributed by atoms with Crippen molar-refractivity contribution in [2.75, 3.05) is 13.1 Å². The Labute approximate surface area is 171 Å². The summed E-state index contributed by atoms with van der Waals surface area (Å²) in [5.41, 5.74) is 5.30. The van der Waals surface area contributed by atoms with Gasteiger partial charge in [-0.05, 0) is 96.6 Å². The van der Waals surface area contributed by atoms with E-state index in [9.17, 15) is 4.79 Å². The first-order valence-electron chi connectivity index (χ1n) is 9.90. The molecule has 1 saturated carbocycles. The molecule has 1 unspecified atom stereocenters. The Bertz CT molecular complexity index is 814. The Morgan fingerprint density at radius 1 is 1.22 bits per heavy atom. The van der Waals surface area contributed by atoms with E-state index in [0.717, 1.165) is 38.0 Å². The van der Waals surface area contributed by atoms with Crippen LogP contribution in [0.15, 0.2) is 35.0 Å². The van der Waals surface area contributed by atoms with Gasteiger partial charge in [-0.15, -0.1) is 12.4 Å². The summed E-state index contributed by atoms with van der Waals surface area (Å²) >= 11 is 1.72. The second-order valence-corrected chi connectivity index (χ2v) is 8.97. The number of rotatable bonds is 4. The Balaban J connectivity index is 0.00000180. The zero-order chi connectivity index (χ0) is 17.6. The molecular formula is C22H27ClN2OS. The summed E-state index contributed by atoms with van der Waals surface area (Å²) in [6.45, 7) is 2.95. The number of carbonyl (C=O) groups excluding carboxylic acids is 1. The van der Waals surface area contributed by atoms with Crippen molar-refractivity contribution in [2.45, 2.75) is 51.1 Å². The average Bonchev–Trinajstić information content (AvgIpc) is 3.08. The first-order valence-corrected chi connectivity index (χ1v) is 10.8. The normalized spacial score (nSPS) is 22.1. The SMILES string of the molecule is Cl.O=C(c1cccc2c1CCC2)N(Cc1ccsc1)C1CC12CCNCC2. The lowest BCUT2D eigenvalue weighted by molar-refractivity contribution is 0.0691. The fourth-order valence-corrected chi connectivity index (χ4v) is 5.77. The molecule has 1 N–H and O–H groups in total. The predicted molar refractivity (Wildman–Crippen MR) is 113 cm³/mol. The van der Waals surface area contributed by atoms with Gasteiger partial charge in [-0.3, -0.25) is 4.79 Å². The van der Waals surface area contributed by atoms with Crippen molar-refractivity contribution in [3.05, 3.63) is 57.3 Å². The van der Waals surface area contributed by atoms with Crippen LogP contribution in [0.5, 0.6) is 0 Å². The summed E-state index contributed by atoms with van der Waals surface area (Å²) in [5, 5.41) is 7.78. The molecule has 2 heterocycles. The number of halogens is 1. The van der Waals surface area contributed by atoms with E-state index in [2.05, 4.69) is 45.2 Å². The largest absolute Gasteiger partial charge is 0.331 e. The van der Waals surface area contributed by atoms with Crippen molar-refractivity contribution in [1.82, 2.24) is 10.2 Å². The number of benzene rings is 1. The second kappa shape index (κ2) is 7.57. The van der Waals surface area contributed by atoms with Gasteiger partial charge in [-0.2, -0.15) is 11.3 Å². The van der Waals surface area contributed by atoms with Gasteiger partial charge in [0.15, 0.2) is 0 Å². The third-order valence-corrected chi connectivity index (χ3v) is 7.42. The quantitative estimate of drug-likeness (QED) is 0.819. The Kier molecular flexibility index (Phi) is 5.32. The number of carbonyl (C=O) groups is 1. The predicted octanol–water partition coefficient (Wildman–Crippen LogP) is 4.44. The van der Waals surface area contributed by atoms with Crippen LogP contribution in [-0.2, 0) is 19.4 Å². The Morgan fingerprint density at radius 3 is 2.85 bits per heavy atom. The van der Waals surface area contributed by atoms with Crippen LogP contribution in [0.1, 0.15) is 52.7 Å². The molecule has 27 heavy (non-hydrogen) atoms. The van der Waals surface area contributed by atoms with E-state index in [1.165, 1.54) is 42.4 Å². The molecule has 1 aliphatic heterocycles. The molecule has 2 aliphatic carbocycles. The number of nitrogens with one attached hydrogen (secondary N) is 1. The van der Waals surface area contributed by atoms with Gasteiger partial charge in [0.25, 0.3) is 5.91 Å². The molecule has 3 nitrogen and oxygen atoms in total. The lowest BCUT2D eigenvalue weighted by Crippen LogP contribution is -2.39. The van der Waals surface area contributed by atoms with Crippen molar-refractivity contribution in [3.63, 3.8) is 0 Å². The maximum atomic E-state index is 13.7. The molecule has 2 aromatic rings. The van der Waals surface area contributed by atoms with Crippen LogP contribution in [0.4, 0.5) is 0 Å². The summed E-state index contributed by atoms with van der Waals surface area (Å²) < 4.78 is 0. The monoisotopic (exact) mass is 402 g/mol. The molecule has 0 radical (unpaired) electrons. The van der Waals surface area contributed by atoms with Gasteiger partial charge in [0.05, 0.1) is 0 Å². The Morgan fingerprint density at radius 2 is 2.07 bits per heavy atom. The number of nitrogens with zero attached hydrogens (tertiary/aromatic N) is 1. The highest BCUT2D eigenvalue weighted by atomic mass is 35.5. The van der Waals surface area contributed by atoms with Crippen LogP contribution in [0.2, 0.25) is 0 Å². The molecule has 1 spiro atoms. The van der Waals surface area contributed by atoms with Crippen molar-refractivity contribution in [1.29, 1.82) is 0 Å². The summed E-state index contributed by atoms with van der Waals surface area (Å²) in [7, 11) is 0. The van der Waals surface area contributed by atoms with E-state index in [4.69, 9.17) is 0 Å². The number of thiophene rings is 1. The molecule has 5 rings (SSSR count). The first-order chi connectivity index (χ1) is 12.8. The third-order valence-electron chi connectivity index (χ3n) is 6.69. The first kappa shape index (κ1) is 19.0. The van der Waals surface area contributed by atoms with Crippen molar-refractivity contribution < 1.29 is 4.79 Å². The Hall–Kier alpha value is -1.36. The van der Waals surface area contributed by atoms with Gasteiger partial charge < -0.3 is 10.2 Å². The highest BCUT2D eigenvalue weighted by Gasteiger charge is 2.57. The minimum absolute atomic E-state index is 0. The van der Waals surface area contributed by atoms with Gasteiger partial charge in [0, 0.05) is 18.2 Å². The maximum absolute atomic E-state index is 13.7. The van der Waals surface area contributed by atoms with Crippen molar-refractivity contribution in [2.24, 2.45) is 5.41 Å². The molecule has 3 aliphatic rings. The molecule has 0 bridgehead atoms. The fraction of sp³-hybridized carbons (Fsp3) is 0.500. The van der Waals surface area contributed by atoms with Crippen LogP contribution >= 0.6 is 23.7 Å². The molecule has 1 atom stereocenters. The van der Waals surface area contributed by atoms with E-state index in [0.29, 0.717) is 11.5 Å². The maximum Gasteiger partial charge on any atom is 0.254 e. The number of fused-ring (bicyclic) bond motifs is 1. The minimum atomic E-state index is 0. The van der Waals surface area contributed by atoms with E-state index < -0.39 is 0 Å². The molecule has 5 heteroatoms. The minimum Gasteiger partial charge on any atom is -0.331 e. The van der Waals surface area contributed by atoms with Crippen LogP contribution in [0.25, 0.3) is 0 Å². The molecular weight excluding hydrogens is 376 g/mol. The van der Waals surface area contributed by atoms with Gasteiger partial charge in [0.2, 0.25) is 0 Å². The van der Waals surface area contributed by atoms with Crippen molar-refractivity contribution in [3.8, 4) is 0 Å². The highest BCUT2D eigenvalue weighted by molar-refractivity contribution is 7.07. The number of hydrogen-bond donors (Lipinski definition) is 1. The van der Waals surface area contributed by atoms with Crippen LogP contribution < -0.4 is 5.32 Å². The summed E-state index contributed by atoms with van der Waals surface area (Å²) in [6, 6.07) is 8.91. The van der Waals surface area contributed by atoms with Crippen molar-refractivity contribution >= 4 is 29.7 Å². The second-order valence-electron chi connectivity index (χ2n) is 8.19. The zero-order valence-corrected chi connectivity index (χ0v) is 17.2. The van der Waals surface area contributed by atoms with Crippen LogP contribution in [0.3, 0.4) is 0 Å². The van der Waals surface area contributed by atoms with E-state index >= 15 is 0 Å². The number of piperidine rings is 1. The lowest BCUT2D eigenvalue weighted by atomic mass is 9.93. The third kappa shape index (κ3) is 3.43. The van der Waals surface area contributed by atoms with Gasteiger partial charge in [-0.1, -0.05) is 12.1 Å². The van der Waals surface area contributed by atoms with Crippen LogP contribution in [0, 0.1) is 5.41 Å². The number of amides is 1. The molecule has 144 valence electrons. The molecule has 1 aromatic carbocycles. The standard InChI is InChI=1S/C22H26N2OS.ClH/c25-21(19-6-2-4-17-3-1-5-18(17)19)24(14-16-7-12-26-15-16)20-13-22(20)8-10-23-11-9-22;/h2,4,6-7,12,15,20,23H,1,3,5,8-11,13-14H2;1H. The molecule has 1 amide bonds. The topological polar surface area (TPSA) is 32.3 Å². The fourth-order valence-electron chi connectivity index (χ4n) is 5.11.